The van der Waals surface area contributed by atoms with E-state index >= 15 is 0 Å². The number of methoxy groups -OCH3 is 1. The molecule has 5 nitrogen and oxygen atoms in total. The number of halogens is 1. The van der Waals surface area contributed by atoms with E-state index in [1.54, 1.807) is 7.11 Å². The van der Waals surface area contributed by atoms with Crippen molar-refractivity contribution < 1.29 is 23.8 Å². The lowest BCUT2D eigenvalue weighted by molar-refractivity contribution is -0.150. The summed E-state index contributed by atoms with van der Waals surface area (Å²) in [6, 6.07) is 7.42. The smallest absolute Gasteiger partial charge is 0.343 e. The van der Waals surface area contributed by atoms with Gasteiger partial charge in [-0.15, -0.1) is 0 Å². The number of amides is 1. The molecular formula is C18H22FNO4. The monoisotopic (exact) mass is 335 g/mol. The van der Waals surface area contributed by atoms with Gasteiger partial charge >= 0.3 is 5.97 Å². The van der Waals surface area contributed by atoms with Gasteiger partial charge in [0, 0.05) is 13.0 Å². The predicted octanol–water partition coefficient (Wildman–Crippen LogP) is 2.53. The zero-order valence-corrected chi connectivity index (χ0v) is 13.8. The van der Waals surface area contributed by atoms with Crippen molar-refractivity contribution in [2.45, 2.75) is 43.2 Å². The summed E-state index contributed by atoms with van der Waals surface area (Å²) in [5.74, 6) is -0.914. The maximum atomic E-state index is 14.3. The lowest BCUT2D eigenvalue weighted by Gasteiger charge is -2.33. The van der Waals surface area contributed by atoms with Crippen molar-refractivity contribution in [1.29, 1.82) is 0 Å². The molecule has 0 aromatic heterocycles. The molecule has 2 fully saturated rings. The lowest BCUT2D eigenvalue weighted by atomic mass is 9.77. The van der Waals surface area contributed by atoms with Gasteiger partial charge in [0.2, 0.25) is 11.6 Å². The van der Waals surface area contributed by atoms with Gasteiger partial charge in [0.15, 0.2) is 0 Å². The van der Waals surface area contributed by atoms with Crippen molar-refractivity contribution in [2.24, 2.45) is 0 Å². The Hall–Kier alpha value is -2.11. The summed E-state index contributed by atoms with van der Waals surface area (Å²) in [7, 11) is 1.59. The van der Waals surface area contributed by atoms with Crippen LogP contribution in [-0.2, 0) is 15.0 Å². The molecule has 3 rings (SSSR count). The Morgan fingerprint density at radius 1 is 1.17 bits per heavy atom. The molecule has 0 radical (unpaired) electrons. The predicted molar refractivity (Wildman–Crippen MR) is 85.8 cm³/mol. The van der Waals surface area contributed by atoms with E-state index in [9.17, 15) is 14.0 Å². The van der Waals surface area contributed by atoms with E-state index in [-0.39, 0.29) is 25.4 Å². The summed E-state index contributed by atoms with van der Waals surface area (Å²) in [5.41, 5.74) is -2.09. The van der Waals surface area contributed by atoms with E-state index in [0.717, 1.165) is 18.4 Å². The number of aliphatic carboxylic acids is 1. The van der Waals surface area contributed by atoms with Crippen LogP contribution in [0.5, 0.6) is 5.75 Å². The summed E-state index contributed by atoms with van der Waals surface area (Å²) in [4.78, 5) is 25.7. The first-order valence-corrected chi connectivity index (χ1v) is 8.27. The highest BCUT2D eigenvalue weighted by Gasteiger charge is 2.52. The molecule has 1 N–H and O–H groups in total. The number of alkyl halides is 1. The minimum Gasteiger partial charge on any atom is -0.497 e. The van der Waals surface area contributed by atoms with Crippen LogP contribution in [-0.4, -0.2) is 47.8 Å². The molecule has 1 heterocycles. The fourth-order valence-electron chi connectivity index (χ4n) is 3.94. The van der Waals surface area contributed by atoms with Crippen LogP contribution in [0.1, 0.15) is 37.7 Å². The lowest BCUT2D eigenvalue weighted by Crippen LogP contribution is -2.46. The molecule has 1 aromatic rings. The standard InChI is InChI=1S/C18H22FNO4/c1-24-14-6-4-13(5-7-14)17(8-2-3-9-17)15(21)20-11-10-18(19,12-20)16(22)23/h4-7H,2-3,8-12H2,1H3,(H,22,23). The topological polar surface area (TPSA) is 66.8 Å². The summed E-state index contributed by atoms with van der Waals surface area (Å²) in [6.07, 6.45) is 3.14. The number of carbonyl (C=O) groups is 2. The van der Waals surface area contributed by atoms with Crippen LogP contribution in [0.15, 0.2) is 24.3 Å². The molecule has 2 aliphatic rings. The van der Waals surface area contributed by atoms with Gasteiger partial charge in [0.05, 0.1) is 19.1 Å². The van der Waals surface area contributed by atoms with Crippen molar-refractivity contribution in [2.75, 3.05) is 20.2 Å². The third-order valence-corrected chi connectivity index (χ3v) is 5.40. The first-order valence-electron chi connectivity index (χ1n) is 8.27. The Balaban J connectivity index is 1.88. The molecule has 1 unspecified atom stereocenters. The van der Waals surface area contributed by atoms with Crippen molar-refractivity contribution in [3.8, 4) is 5.75 Å². The summed E-state index contributed by atoms with van der Waals surface area (Å²) in [5, 5.41) is 9.05. The second-order valence-corrected chi connectivity index (χ2v) is 6.76. The van der Waals surface area contributed by atoms with Gasteiger partial charge in [-0.05, 0) is 30.5 Å². The zero-order chi connectivity index (χ0) is 17.4. The van der Waals surface area contributed by atoms with Crippen LogP contribution < -0.4 is 4.74 Å². The minimum absolute atomic E-state index is 0.146. The minimum atomic E-state index is -2.32. The number of carboxylic acid groups (broad SMARTS) is 1. The largest absolute Gasteiger partial charge is 0.497 e. The highest BCUT2D eigenvalue weighted by molar-refractivity contribution is 5.90. The highest BCUT2D eigenvalue weighted by atomic mass is 19.1. The number of likely N-dealkylation sites (tertiary alicyclic amines) is 1. The van der Waals surface area contributed by atoms with Crippen LogP contribution in [0.3, 0.4) is 0 Å². The molecule has 1 saturated carbocycles. The Morgan fingerprint density at radius 3 is 2.29 bits per heavy atom. The fourth-order valence-corrected chi connectivity index (χ4v) is 3.94. The van der Waals surface area contributed by atoms with E-state index in [1.807, 2.05) is 24.3 Å². The van der Waals surface area contributed by atoms with Crippen LogP contribution >= 0.6 is 0 Å². The third-order valence-electron chi connectivity index (χ3n) is 5.40. The zero-order valence-electron chi connectivity index (χ0n) is 13.8. The summed E-state index contributed by atoms with van der Waals surface area (Å²) >= 11 is 0. The number of rotatable bonds is 4. The van der Waals surface area contributed by atoms with E-state index in [1.165, 1.54) is 4.90 Å². The second-order valence-electron chi connectivity index (χ2n) is 6.76. The van der Waals surface area contributed by atoms with Gasteiger partial charge in [0.25, 0.3) is 0 Å². The van der Waals surface area contributed by atoms with E-state index in [0.29, 0.717) is 18.6 Å². The van der Waals surface area contributed by atoms with E-state index in [4.69, 9.17) is 9.84 Å². The van der Waals surface area contributed by atoms with Crippen molar-refractivity contribution >= 4 is 11.9 Å². The number of carboxylic acids is 1. The molecule has 1 atom stereocenters. The normalized spacial score (nSPS) is 25.7. The van der Waals surface area contributed by atoms with Crippen molar-refractivity contribution in [1.82, 2.24) is 4.90 Å². The number of hydrogen-bond acceptors (Lipinski definition) is 3. The van der Waals surface area contributed by atoms with E-state index in [2.05, 4.69) is 0 Å². The Kier molecular flexibility index (Phi) is 4.24. The Morgan fingerprint density at radius 2 is 1.79 bits per heavy atom. The molecule has 1 aromatic carbocycles. The first kappa shape index (κ1) is 16.7. The molecule has 24 heavy (non-hydrogen) atoms. The second kappa shape index (κ2) is 6.07. The van der Waals surface area contributed by atoms with Crippen molar-refractivity contribution in [3.05, 3.63) is 29.8 Å². The fraction of sp³-hybridized carbons (Fsp3) is 0.556. The van der Waals surface area contributed by atoms with Gasteiger partial charge < -0.3 is 14.7 Å². The molecule has 0 bridgehead atoms. The van der Waals surface area contributed by atoms with Gasteiger partial charge in [-0.3, -0.25) is 4.79 Å². The maximum absolute atomic E-state index is 14.3. The number of carbonyl (C=O) groups excluding carboxylic acids is 1. The molecule has 130 valence electrons. The first-order chi connectivity index (χ1) is 11.4. The molecule has 1 aliphatic carbocycles. The Bertz CT molecular complexity index is 639. The maximum Gasteiger partial charge on any atom is 0.343 e. The number of hydrogen-bond donors (Lipinski definition) is 1. The van der Waals surface area contributed by atoms with Crippen molar-refractivity contribution in [3.63, 3.8) is 0 Å². The van der Waals surface area contributed by atoms with Crippen LogP contribution in [0.2, 0.25) is 0 Å². The molecule has 1 aliphatic heterocycles. The van der Waals surface area contributed by atoms with Gasteiger partial charge in [0.1, 0.15) is 5.75 Å². The SMILES string of the molecule is COc1ccc(C2(C(=O)N3CCC(F)(C(=O)O)C3)CCCC2)cc1. The highest BCUT2D eigenvalue weighted by Crippen LogP contribution is 2.44. The van der Waals surface area contributed by atoms with Gasteiger partial charge in [-0.25, -0.2) is 9.18 Å². The van der Waals surface area contributed by atoms with E-state index < -0.39 is 17.1 Å². The number of ether oxygens (including phenoxy) is 1. The summed E-state index contributed by atoms with van der Waals surface area (Å²) in [6.45, 7) is -0.210. The molecule has 1 amide bonds. The Labute approximate surface area is 140 Å². The average Bonchev–Trinajstić information content (AvgIpc) is 3.23. The average molecular weight is 335 g/mol. The quantitative estimate of drug-likeness (QED) is 0.918. The van der Waals surface area contributed by atoms with Gasteiger partial charge in [-0.2, -0.15) is 0 Å². The van der Waals surface area contributed by atoms with Crippen LogP contribution in [0.4, 0.5) is 4.39 Å². The van der Waals surface area contributed by atoms with Crippen LogP contribution in [0, 0.1) is 0 Å². The molecule has 1 saturated heterocycles. The molecule has 6 heteroatoms. The number of nitrogens with zero attached hydrogens (tertiary/aromatic N) is 1. The molecule has 0 spiro atoms. The third kappa shape index (κ3) is 2.64. The van der Waals surface area contributed by atoms with Crippen LogP contribution in [0.25, 0.3) is 0 Å². The number of benzene rings is 1. The van der Waals surface area contributed by atoms with Gasteiger partial charge in [-0.1, -0.05) is 25.0 Å². The molecular weight excluding hydrogens is 313 g/mol. The summed E-state index contributed by atoms with van der Waals surface area (Å²) < 4.78 is 19.5.